The fourth-order valence-corrected chi connectivity index (χ4v) is 3.64. The molecule has 0 radical (unpaired) electrons. The van der Waals surface area contributed by atoms with Crippen molar-refractivity contribution in [3.63, 3.8) is 0 Å². The molecule has 0 spiro atoms. The number of aryl methyl sites for hydroxylation is 1. The number of hydrogen-bond acceptors (Lipinski definition) is 5. The normalized spacial score (nSPS) is 12.1. The van der Waals surface area contributed by atoms with E-state index in [2.05, 4.69) is 0 Å². The molecule has 1 heterocycles. The average molecular weight is 398 g/mol. The molecule has 3 N–H and O–H groups in total. The molecule has 0 aliphatic heterocycles. The molecule has 0 bridgehead atoms. The van der Waals surface area contributed by atoms with Crippen molar-refractivity contribution in [2.45, 2.75) is 19.4 Å². The van der Waals surface area contributed by atoms with Crippen LogP contribution in [0.25, 0.3) is 22.0 Å². The first-order chi connectivity index (χ1) is 13.5. The van der Waals surface area contributed by atoms with Gasteiger partial charge in [-0.3, -0.25) is 0 Å². The van der Waals surface area contributed by atoms with Crippen molar-refractivity contribution in [3.8, 4) is 11.1 Å². The Morgan fingerprint density at radius 2 is 1.86 bits per heavy atom. The van der Waals surface area contributed by atoms with Gasteiger partial charge in [0.1, 0.15) is 6.04 Å². The molecule has 0 amide bonds. The van der Waals surface area contributed by atoms with Crippen LogP contribution in [0.4, 0.5) is 0 Å². The van der Waals surface area contributed by atoms with Crippen molar-refractivity contribution in [2.75, 3.05) is 12.0 Å². The zero-order chi connectivity index (χ0) is 20.3. The standard InChI is InChI=1S/C21H22N2O4S/c1-13-7-3-4-8-14(13)18-15-9-5-6-10-17(15)23(19(18)20(24)25)27-21(26)16(22)11-12-28-2/h3-10,16H,11-12,22H2,1-2H3,(H,24,25). The van der Waals surface area contributed by atoms with Gasteiger partial charge in [-0.2, -0.15) is 16.5 Å². The summed E-state index contributed by atoms with van der Waals surface area (Å²) in [6.07, 6.45) is 2.38. The third-order valence-electron chi connectivity index (χ3n) is 4.57. The van der Waals surface area contributed by atoms with E-state index < -0.39 is 18.0 Å². The summed E-state index contributed by atoms with van der Waals surface area (Å²) < 4.78 is 1.10. The van der Waals surface area contributed by atoms with Crippen LogP contribution in [-0.2, 0) is 4.79 Å². The molecule has 3 aromatic rings. The van der Waals surface area contributed by atoms with E-state index in [4.69, 9.17) is 10.6 Å². The highest BCUT2D eigenvalue weighted by atomic mass is 32.2. The lowest BCUT2D eigenvalue weighted by Crippen LogP contribution is -2.38. The molecule has 2 aromatic carbocycles. The smallest absolute Gasteiger partial charge is 0.356 e. The summed E-state index contributed by atoms with van der Waals surface area (Å²) >= 11 is 1.58. The lowest BCUT2D eigenvalue weighted by Gasteiger charge is -2.13. The molecule has 0 aliphatic rings. The van der Waals surface area contributed by atoms with E-state index in [1.165, 1.54) is 0 Å². The minimum atomic E-state index is -1.18. The van der Waals surface area contributed by atoms with Crippen molar-refractivity contribution in [1.29, 1.82) is 0 Å². The van der Waals surface area contributed by atoms with Crippen molar-refractivity contribution in [1.82, 2.24) is 4.73 Å². The van der Waals surface area contributed by atoms with Crippen LogP contribution in [0.3, 0.4) is 0 Å². The van der Waals surface area contributed by atoms with Crippen LogP contribution in [0.5, 0.6) is 0 Å². The molecule has 146 valence electrons. The molecule has 0 saturated heterocycles. The lowest BCUT2D eigenvalue weighted by molar-refractivity contribution is -0.145. The van der Waals surface area contributed by atoms with Gasteiger partial charge in [-0.25, -0.2) is 9.59 Å². The fourth-order valence-electron chi connectivity index (χ4n) is 3.15. The van der Waals surface area contributed by atoms with E-state index in [0.717, 1.165) is 15.9 Å². The Morgan fingerprint density at radius 1 is 1.18 bits per heavy atom. The van der Waals surface area contributed by atoms with Crippen molar-refractivity contribution in [2.24, 2.45) is 5.73 Å². The number of fused-ring (bicyclic) bond motifs is 1. The second-order valence-corrected chi connectivity index (χ2v) is 7.44. The van der Waals surface area contributed by atoms with E-state index in [0.29, 0.717) is 28.6 Å². The van der Waals surface area contributed by atoms with Crippen LogP contribution in [0.15, 0.2) is 48.5 Å². The second-order valence-electron chi connectivity index (χ2n) is 6.45. The minimum absolute atomic E-state index is 0.0964. The van der Waals surface area contributed by atoms with E-state index in [1.807, 2.05) is 49.6 Å². The number of carboxylic acid groups (broad SMARTS) is 1. The van der Waals surface area contributed by atoms with Gasteiger partial charge in [0.25, 0.3) is 0 Å². The Morgan fingerprint density at radius 3 is 2.54 bits per heavy atom. The second kappa shape index (κ2) is 8.50. The molecule has 1 unspecified atom stereocenters. The van der Waals surface area contributed by atoms with Gasteiger partial charge in [0.15, 0.2) is 5.69 Å². The van der Waals surface area contributed by atoms with Gasteiger partial charge >= 0.3 is 11.9 Å². The number of nitrogens with two attached hydrogens (primary N) is 1. The third-order valence-corrected chi connectivity index (χ3v) is 5.21. The number of para-hydroxylation sites is 1. The zero-order valence-electron chi connectivity index (χ0n) is 15.7. The molecule has 28 heavy (non-hydrogen) atoms. The molecule has 0 fully saturated rings. The summed E-state index contributed by atoms with van der Waals surface area (Å²) in [4.78, 5) is 30.1. The van der Waals surface area contributed by atoms with E-state index in [-0.39, 0.29) is 5.69 Å². The van der Waals surface area contributed by atoms with Crippen LogP contribution < -0.4 is 10.6 Å². The van der Waals surface area contributed by atoms with Crippen LogP contribution in [0.2, 0.25) is 0 Å². The summed E-state index contributed by atoms with van der Waals surface area (Å²) in [5.74, 6) is -1.13. The summed E-state index contributed by atoms with van der Waals surface area (Å²) in [5.41, 5.74) is 8.54. The molecule has 6 nitrogen and oxygen atoms in total. The summed E-state index contributed by atoms with van der Waals surface area (Å²) in [7, 11) is 0. The van der Waals surface area contributed by atoms with Gasteiger partial charge in [-0.1, -0.05) is 42.5 Å². The maximum Gasteiger partial charge on any atom is 0.356 e. The molecule has 0 aliphatic carbocycles. The number of carbonyl (C=O) groups is 2. The predicted octanol–water partition coefficient (Wildman–Crippen LogP) is 3.35. The lowest BCUT2D eigenvalue weighted by atomic mass is 9.97. The number of thioether (sulfide) groups is 1. The van der Waals surface area contributed by atoms with Crippen LogP contribution in [0, 0.1) is 6.92 Å². The molecular formula is C21H22N2O4S. The Labute approximate surface area is 167 Å². The molecule has 3 rings (SSSR count). The van der Waals surface area contributed by atoms with E-state index in [9.17, 15) is 14.7 Å². The van der Waals surface area contributed by atoms with Gasteiger partial charge in [0.2, 0.25) is 0 Å². The van der Waals surface area contributed by atoms with E-state index in [1.54, 1.807) is 23.9 Å². The number of hydrogen-bond donors (Lipinski definition) is 2. The highest BCUT2D eigenvalue weighted by molar-refractivity contribution is 7.98. The molecular weight excluding hydrogens is 376 g/mol. The summed E-state index contributed by atoms with van der Waals surface area (Å²) in [5, 5.41) is 10.6. The fraction of sp³-hybridized carbons (Fsp3) is 0.238. The first-order valence-electron chi connectivity index (χ1n) is 8.85. The maximum atomic E-state index is 12.5. The zero-order valence-corrected chi connectivity index (χ0v) is 16.5. The van der Waals surface area contributed by atoms with Crippen LogP contribution >= 0.6 is 11.8 Å². The van der Waals surface area contributed by atoms with Crippen molar-refractivity contribution >= 4 is 34.6 Å². The number of aromatic carboxylic acids is 1. The van der Waals surface area contributed by atoms with Crippen LogP contribution in [0.1, 0.15) is 22.5 Å². The van der Waals surface area contributed by atoms with Crippen LogP contribution in [-0.4, -0.2) is 39.8 Å². The average Bonchev–Trinajstić information content (AvgIpc) is 3.01. The van der Waals surface area contributed by atoms with E-state index >= 15 is 0 Å². The third kappa shape index (κ3) is 3.76. The highest BCUT2D eigenvalue weighted by Gasteiger charge is 2.28. The Balaban J connectivity index is 2.18. The van der Waals surface area contributed by atoms with Gasteiger partial charge in [0.05, 0.1) is 5.52 Å². The topological polar surface area (TPSA) is 94.6 Å². The quantitative estimate of drug-likeness (QED) is 0.634. The Bertz CT molecular complexity index is 1030. The predicted molar refractivity (Wildman–Crippen MR) is 112 cm³/mol. The number of aromatic nitrogens is 1. The highest BCUT2D eigenvalue weighted by Crippen LogP contribution is 2.36. The van der Waals surface area contributed by atoms with Gasteiger partial charge in [-0.05, 0) is 42.5 Å². The number of benzene rings is 2. The minimum Gasteiger partial charge on any atom is -0.476 e. The van der Waals surface area contributed by atoms with Crippen molar-refractivity contribution in [3.05, 3.63) is 59.8 Å². The maximum absolute atomic E-state index is 12.5. The molecule has 1 atom stereocenters. The Kier molecular flexibility index (Phi) is 6.06. The number of carboxylic acids is 1. The summed E-state index contributed by atoms with van der Waals surface area (Å²) in [6.45, 7) is 1.91. The first-order valence-corrected chi connectivity index (χ1v) is 10.2. The summed E-state index contributed by atoms with van der Waals surface area (Å²) in [6, 6.07) is 13.8. The monoisotopic (exact) mass is 398 g/mol. The molecule has 1 aromatic heterocycles. The molecule has 0 saturated carbocycles. The SMILES string of the molecule is CSCCC(N)C(=O)On1c(C(=O)O)c(-c2ccccc2C)c2ccccc21. The van der Waals surface area contributed by atoms with Gasteiger partial charge in [-0.15, -0.1) is 0 Å². The van der Waals surface area contributed by atoms with Crippen molar-refractivity contribution < 1.29 is 19.5 Å². The Hall–Kier alpha value is -2.77. The van der Waals surface area contributed by atoms with Gasteiger partial charge < -0.3 is 15.7 Å². The van der Waals surface area contributed by atoms with Gasteiger partial charge in [0, 0.05) is 10.9 Å². The first kappa shape index (κ1) is 20.0. The number of rotatable bonds is 7. The number of carbonyl (C=O) groups excluding carboxylic acids is 1. The number of nitrogens with zero attached hydrogens (tertiary/aromatic N) is 1. The largest absolute Gasteiger partial charge is 0.476 e. The molecule has 7 heteroatoms.